The molecule has 1 heterocycles. The molecular weight excluding hydrogens is 238 g/mol. The maximum Gasteiger partial charge on any atom is 0.0917 e. The Morgan fingerprint density at radius 1 is 1.42 bits per heavy atom. The lowest BCUT2D eigenvalue weighted by Crippen LogP contribution is -2.40. The van der Waals surface area contributed by atoms with E-state index in [1.807, 2.05) is 24.3 Å². The number of anilines is 1. The van der Waals surface area contributed by atoms with Crippen LogP contribution in [-0.4, -0.2) is 54.2 Å². The zero-order valence-corrected chi connectivity index (χ0v) is 11.9. The van der Waals surface area contributed by atoms with Gasteiger partial charge in [-0.15, -0.1) is 0 Å². The number of nitrogen functional groups attached to an aromatic ring is 1. The van der Waals surface area contributed by atoms with E-state index in [1.165, 1.54) is 0 Å². The van der Waals surface area contributed by atoms with Gasteiger partial charge in [-0.25, -0.2) is 0 Å². The number of hydrogen-bond acceptors (Lipinski definition) is 4. The Bertz CT molecular complexity index is 410. The molecule has 1 aromatic rings. The number of nitrogens with two attached hydrogens (primary N) is 1. The minimum atomic E-state index is -0.464. The predicted molar refractivity (Wildman–Crippen MR) is 79.0 cm³/mol. The monoisotopic (exact) mass is 263 g/mol. The van der Waals surface area contributed by atoms with E-state index in [4.69, 9.17) is 5.73 Å². The molecule has 1 aromatic carbocycles. The van der Waals surface area contributed by atoms with Crippen LogP contribution in [0, 0.1) is 0 Å². The standard InChI is InChI=1S/C15H25N3O/c1-12-10-17(2)7-4-8-18(12)11-15(19)13-5-3-6-14(16)9-13/h3,5-6,9,12,15,19H,4,7-8,10-11,16H2,1-2H3. The number of hydrogen-bond donors (Lipinski definition) is 2. The summed E-state index contributed by atoms with van der Waals surface area (Å²) >= 11 is 0. The molecule has 0 bridgehead atoms. The van der Waals surface area contributed by atoms with Gasteiger partial charge in [-0.05, 0) is 51.2 Å². The third-order valence-electron chi connectivity index (χ3n) is 3.89. The summed E-state index contributed by atoms with van der Waals surface area (Å²) in [5.41, 5.74) is 7.38. The van der Waals surface area contributed by atoms with Crippen molar-refractivity contribution in [1.82, 2.24) is 9.80 Å². The summed E-state index contributed by atoms with van der Waals surface area (Å²) in [4.78, 5) is 4.73. The molecule has 19 heavy (non-hydrogen) atoms. The highest BCUT2D eigenvalue weighted by molar-refractivity contribution is 5.41. The van der Waals surface area contributed by atoms with E-state index in [-0.39, 0.29) is 0 Å². The van der Waals surface area contributed by atoms with Crippen molar-refractivity contribution in [1.29, 1.82) is 0 Å². The number of β-amino-alcohol motifs (C(OH)–C–C–N with tert-alkyl or cyclic N) is 1. The lowest BCUT2D eigenvalue weighted by atomic mass is 10.1. The van der Waals surface area contributed by atoms with Crippen molar-refractivity contribution >= 4 is 5.69 Å². The molecule has 1 aliphatic heterocycles. The molecule has 2 atom stereocenters. The molecule has 4 nitrogen and oxygen atoms in total. The molecule has 0 aromatic heterocycles. The Kier molecular flexibility index (Phi) is 4.80. The summed E-state index contributed by atoms with van der Waals surface area (Å²) in [6.07, 6.45) is 0.694. The number of aliphatic hydroxyl groups excluding tert-OH is 1. The van der Waals surface area contributed by atoms with Crippen LogP contribution < -0.4 is 5.73 Å². The molecule has 4 heteroatoms. The van der Waals surface area contributed by atoms with Crippen molar-refractivity contribution in [2.45, 2.75) is 25.5 Å². The first-order valence-corrected chi connectivity index (χ1v) is 7.02. The summed E-state index contributed by atoms with van der Waals surface area (Å²) in [6, 6.07) is 8.02. The van der Waals surface area contributed by atoms with Gasteiger partial charge in [0.1, 0.15) is 0 Å². The second kappa shape index (κ2) is 6.37. The normalized spacial score (nSPS) is 24.1. The fourth-order valence-electron chi connectivity index (χ4n) is 2.79. The van der Waals surface area contributed by atoms with Gasteiger partial charge in [0.2, 0.25) is 0 Å². The van der Waals surface area contributed by atoms with Crippen molar-refractivity contribution in [2.75, 3.05) is 39.0 Å². The molecule has 0 amide bonds. The van der Waals surface area contributed by atoms with E-state index in [1.54, 1.807) is 0 Å². The zero-order valence-electron chi connectivity index (χ0n) is 11.9. The van der Waals surface area contributed by atoms with Gasteiger partial charge in [0.05, 0.1) is 6.10 Å². The number of aliphatic hydroxyl groups is 1. The van der Waals surface area contributed by atoms with Crippen LogP contribution in [0.2, 0.25) is 0 Å². The maximum atomic E-state index is 10.4. The van der Waals surface area contributed by atoms with Crippen LogP contribution in [0.25, 0.3) is 0 Å². The van der Waals surface area contributed by atoms with Crippen LogP contribution in [0.5, 0.6) is 0 Å². The molecule has 2 unspecified atom stereocenters. The van der Waals surface area contributed by atoms with Crippen molar-refractivity contribution in [3.63, 3.8) is 0 Å². The highest BCUT2D eigenvalue weighted by Crippen LogP contribution is 2.19. The predicted octanol–water partition coefficient (Wildman–Crippen LogP) is 1.33. The Hall–Kier alpha value is -1.10. The van der Waals surface area contributed by atoms with Gasteiger partial charge in [0.25, 0.3) is 0 Å². The SMILES string of the molecule is CC1CN(C)CCCN1CC(O)c1cccc(N)c1. The molecule has 1 fully saturated rings. The van der Waals surface area contributed by atoms with Crippen LogP contribution in [0.1, 0.15) is 25.0 Å². The molecule has 3 N–H and O–H groups in total. The highest BCUT2D eigenvalue weighted by atomic mass is 16.3. The minimum absolute atomic E-state index is 0.464. The van der Waals surface area contributed by atoms with Gasteiger partial charge in [-0.2, -0.15) is 0 Å². The number of likely N-dealkylation sites (N-methyl/N-ethyl adjacent to an activating group) is 1. The van der Waals surface area contributed by atoms with Gasteiger partial charge in [-0.1, -0.05) is 12.1 Å². The smallest absolute Gasteiger partial charge is 0.0917 e. The fraction of sp³-hybridized carbons (Fsp3) is 0.600. The van der Waals surface area contributed by atoms with Crippen LogP contribution >= 0.6 is 0 Å². The first kappa shape index (κ1) is 14.3. The number of rotatable bonds is 3. The zero-order chi connectivity index (χ0) is 13.8. The van der Waals surface area contributed by atoms with E-state index >= 15 is 0 Å². The lowest BCUT2D eigenvalue weighted by molar-refractivity contribution is 0.0921. The average Bonchev–Trinajstić information content (AvgIpc) is 2.51. The summed E-state index contributed by atoms with van der Waals surface area (Å²) in [6.45, 7) is 6.15. The third-order valence-corrected chi connectivity index (χ3v) is 3.89. The van der Waals surface area contributed by atoms with Crippen molar-refractivity contribution in [2.24, 2.45) is 0 Å². The van der Waals surface area contributed by atoms with Gasteiger partial charge < -0.3 is 15.7 Å². The molecular formula is C15H25N3O. The Morgan fingerprint density at radius 2 is 2.21 bits per heavy atom. The van der Waals surface area contributed by atoms with Gasteiger partial charge in [-0.3, -0.25) is 4.90 Å². The summed E-state index contributed by atoms with van der Waals surface area (Å²) < 4.78 is 0. The van der Waals surface area contributed by atoms with Crippen LogP contribution in [-0.2, 0) is 0 Å². The number of benzene rings is 1. The third kappa shape index (κ3) is 3.93. The topological polar surface area (TPSA) is 52.7 Å². The Balaban J connectivity index is 1.99. The maximum absolute atomic E-state index is 10.4. The van der Waals surface area contributed by atoms with E-state index in [0.29, 0.717) is 18.3 Å². The summed E-state index contributed by atoms with van der Waals surface area (Å²) in [5.74, 6) is 0. The van der Waals surface area contributed by atoms with E-state index in [0.717, 1.165) is 31.6 Å². The quantitative estimate of drug-likeness (QED) is 0.808. The lowest BCUT2D eigenvalue weighted by Gasteiger charge is -2.29. The summed E-state index contributed by atoms with van der Waals surface area (Å²) in [5, 5.41) is 10.4. The molecule has 2 rings (SSSR count). The van der Waals surface area contributed by atoms with Crippen LogP contribution in [0.3, 0.4) is 0 Å². The first-order valence-electron chi connectivity index (χ1n) is 7.02. The first-order chi connectivity index (χ1) is 9.06. The van der Waals surface area contributed by atoms with Gasteiger partial charge in [0, 0.05) is 24.8 Å². The van der Waals surface area contributed by atoms with Crippen molar-refractivity contribution in [3.8, 4) is 0 Å². The molecule has 0 spiro atoms. The van der Waals surface area contributed by atoms with Gasteiger partial charge in [0.15, 0.2) is 0 Å². The second-order valence-corrected chi connectivity index (χ2v) is 5.65. The summed E-state index contributed by atoms with van der Waals surface area (Å²) in [7, 11) is 2.16. The van der Waals surface area contributed by atoms with E-state index in [2.05, 4.69) is 23.8 Å². The molecule has 0 radical (unpaired) electrons. The molecule has 0 saturated carbocycles. The fourth-order valence-corrected chi connectivity index (χ4v) is 2.79. The van der Waals surface area contributed by atoms with Crippen LogP contribution in [0.15, 0.2) is 24.3 Å². The van der Waals surface area contributed by atoms with Gasteiger partial charge >= 0.3 is 0 Å². The Labute approximate surface area is 115 Å². The largest absolute Gasteiger partial charge is 0.399 e. The van der Waals surface area contributed by atoms with E-state index in [9.17, 15) is 5.11 Å². The minimum Gasteiger partial charge on any atom is -0.399 e. The highest BCUT2D eigenvalue weighted by Gasteiger charge is 2.22. The second-order valence-electron chi connectivity index (χ2n) is 5.65. The van der Waals surface area contributed by atoms with Crippen molar-refractivity contribution in [3.05, 3.63) is 29.8 Å². The Morgan fingerprint density at radius 3 is 2.95 bits per heavy atom. The van der Waals surface area contributed by atoms with Crippen molar-refractivity contribution < 1.29 is 5.11 Å². The molecule has 1 aliphatic rings. The number of nitrogens with zero attached hydrogens (tertiary/aromatic N) is 2. The molecule has 106 valence electrons. The average molecular weight is 263 g/mol. The van der Waals surface area contributed by atoms with E-state index < -0.39 is 6.10 Å². The molecule has 1 saturated heterocycles. The van der Waals surface area contributed by atoms with Crippen LogP contribution in [0.4, 0.5) is 5.69 Å². The molecule has 0 aliphatic carbocycles.